The summed E-state index contributed by atoms with van der Waals surface area (Å²) in [6, 6.07) is 8.35. The molecule has 3 heteroatoms. The van der Waals surface area contributed by atoms with Crippen LogP contribution in [0, 0.1) is 6.92 Å². The monoisotopic (exact) mass is 288 g/mol. The summed E-state index contributed by atoms with van der Waals surface area (Å²) in [5.74, 6) is 2.57. The summed E-state index contributed by atoms with van der Waals surface area (Å²) in [6.07, 6.45) is 3.87. The summed E-state index contributed by atoms with van der Waals surface area (Å²) in [4.78, 5) is 12.4. The van der Waals surface area contributed by atoms with Gasteiger partial charge in [-0.3, -0.25) is 4.79 Å². The fourth-order valence-corrected chi connectivity index (χ4v) is 4.97. The number of rotatable bonds is 1. The summed E-state index contributed by atoms with van der Waals surface area (Å²) in [5.41, 5.74) is 4.42. The number of thioether (sulfide) groups is 2. The zero-order valence-electron chi connectivity index (χ0n) is 10.9. The third kappa shape index (κ3) is 2.82. The van der Waals surface area contributed by atoms with Crippen molar-refractivity contribution >= 4 is 35.4 Å². The van der Waals surface area contributed by atoms with Gasteiger partial charge in [0.2, 0.25) is 0 Å². The van der Waals surface area contributed by atoms with Crippen molar-refractivity contribution in [3.8, 4) is 0 Å². The Bertz CT molecular complexity index is 559. The number of carbonyl (C=O) groups excluding carboxylic acids is 1. The first-order valence-corrected chi connectivity index (χ1v) is 8.52. The second kappa shape index (κ2) is 5.59. The molecule has 0 spiro atoms. The Kier molecular flexibility index (Phi) is 3.85. The minimum atomic E-state index is 0.275. The lowest BCUT2D eigenvalue weighted by atomic mass is 10.1. The lowest BCUT2D eigenvalue weighted by molar-refractivity contribution is -0.111. The van der Waals surface area contributed by atoms with Crippen LogP contribution in [-0.4, -0.2) is 17.3 Å². The molecule has 2 aliphatic rings. The Morgan fingerprint density at radius 2 is 1.74 bits per heavy atom. The third-order valence-corrected chi connectivity index (χ3v) is 6.22. The van der Waals surface area contributed by atoms with Gasteiger partial charge in [-0.05, 0) is 31.4 Å². The van der Waals surface area contributed by atoms with Crippen molar-refractivity contribution in [3.63, 3.8) is 0 Å². The molecular weight excluding hydrogens is 272 g/mol. The van der Waals surface area contributed by atoms with Crippen LogP contribution in [0.5, 0.6) is 0 Å². The first-order chi connectivity index (χ1) is 9.24. The van der Waals surface area contributed by atoms with Crippen LogP contribution in [0.25, 0.3) is 6.08 Å². The molecule has 1 saturated carbocycles. The van der Waals surface area contributed by atoms with Crippen LogP contribution >= 0.6 is 23.5 Å². The maximum Gasteiger partial charge on any atom is 0.186 e. The molecule has 0 bridgehead atoms. The molecular formula is C16H16OS2. The maximum atomic E-state index is 12.4. The number of carbonyl (C=O) groups is 1. The van der Waals surface area contributed by atoms with E-state index in [9.17, 15) is 4.79 Å². The van der Waals surface area contributed by atoms with E-state index in [2.05, 4.69) is 37.3 Å². The van der Waals surface area contributed by atoms with Gasteiger partial charge in [-0.15, -0.1) is 23.5 Å². The molecule has 0 radical (unpaired) electrons. The van der Waals surface area contributed by atoms with Crippen molar-refractivity contribution in [1.82, 2.24) is 0 Å². The van der Waals surface area contributed by atoms with E-state index in [1.165, 1.54) is 9.80 Å². The van der Waals surface area contributed by atoms with Gasteiger partial charge in [0.1, 0.15) is 0 Å². The Labute approximate surface area is 122 Å². The minimum absolute atomic E-state index is 0.275. The molecule has 0 N–H and O–H groups in total. The minimum Gasteiger partial charge on any atom is -0.289 e. The molecule has 0 atom stereocenters. The van der Waals surface area contributed by atoms with Gasteiger partial charge in [0.05, 0.1) is 0 Å². The number of hydrogen-bond acceptors (Lipinski definition) is 3. The van der Waals surface area contributed by atoms with Gasteiger partial charge >= 0.3 is 0 Å². The average Bonchev–Trinajstić information content (AvgIpc) is 3.03. The largest absolute Gasteiger partial charge is 0.289 e. The summed E-state index contributed by atoms with van der Waals surface area (Å²) < 4.78 is 1.28. The number of hydrogen-bond donors (Lipinski definition) is 0. The van der Waals surface area contributed by atoms with Crippen molar-refractivity contribution in [2.45, 2.75) is 19.8 Å². The predicted molar refractivity (Wildman–Crippen MR) is 85.3 cm³/mol. The van der Waals surface area contributed by atoms with Crippen LogP contribution in [0.3, 0.4) is 0 Å². The Morgan fingerprint density at radius 1 is 1.05 bits per heavy atom. The van der Waals surface area contributed by atoms with Crippen molar-refractivity contribution in [2.24, 2.45) is 0 Å². The highest BCUT2D eigenvalue weighted by Gasteiger charge is 2.28. The van der Waals surface area contributed by atoms with E-state index in [1.807, 2.05) is 23.5 Å². The highest BCUT2D eigenvalue weighted by molar-refractivity contribution is 8.25. The van der Waals surface area contributed by atoms with Crippen LogP contribution in [0.4, 0.5) is 0 Å². The SMILES string of the molecule is Cc1ccc(C=C2CCC(=C3SCCS3)C2=O)cc1. The molecule has 2 fully saturated rings. The van der Waals surface area contributed by atoms with Crippen molar-refractivity contribution < 1.29 is 4.79 Å². The van der Waals surface area contributed by atoms with Gasteiger partial charge in [0.15, 0.2) is 5.78 Å². The van der Waals surface area contributed by atoms with E-state index < -0.39 is 0 Å². The first-order valence-electron chi connectivity index (χ1n) is 6.55. The number of ketones is 1. The lowest BCUT2D eigenvalue weighted by Gasteiger charge is -2.00. The summed E-state index contributed by atoms with van der Waals surface area (Å²) >= 11 is 3.70. The Morgan fingerprint density at radius 3 is 2.42 bits per heavy atom. The fraction of sp³-hybridized carbons (Fsp3) is 0.312. The van der Waals surface area contributed by atoms with Crippen LogP contribution in [-0.2, 0) is 4.79 Å². The van der Waals surface area contributed by atoms with E-state index in [4.69, 9.17) is 0 Å². The third-order valence-electron chi connectivity index (χ3n) is 3.42. The van der Waals surface area contributed by atoms with E-state index in [0.717, 1.165) is 41.1 Å². The number of allylic oxidation sites excluding steroid dienone is 2. The molecule has 1 saturated heterocycles. The highest BCUT2D eigenvalue weighted by Crippen LogP contribution is 2.43. The van der Waals surface area contributed by atoms with Gasteiger partial charge in [0, 0.05) is 26.9 Å². The van der Waals surface area contributed by atoms with Gasteiger partial charge in [-0.1, -0.05) is 29.8 Å². The highest BCUT2D eigenvalue weighted by atomic mass is 32.2. The molecule has 0 amide bonds. The van der Waals surface area contributed by atoms with Gasteiger partial charge < -0.3 is 0 Å². The molecule has 1 nitrogen and oxygen atoms in total. The molecule has 3 rings (SSSR count). The maximum absolute atomic E-state index is 12.4. The summed E-state index contributed by atoms with van der Waals surface area (Å²) in [7, 11) is 0. The lowest BCUT2D eigenvalue weighted by Crippen LogP contribution is -1.96. The molecule has 1 aromatic rings. The molecule has 0 aromatic heterocycles. The quantitative estimate of drug-likeness (QED) is 0.711. The predicted octanol–water partition coefficient (Wildman–Crippen LogP) is 4.43. The van der Waals surface area contributed by atoms with Crippen molar-refractivity contribution in [3.05, 3.63) is 50.8 Å². The fourth-order valence-electron chi connectivity index (χ4n) is 2.36. The Hall–Kier alpha value is -0.930. The van der Waals surface area contributed by atoms with E-state index in [0.29, 0.717) is 0 Å². The van der Waals surface area contributed by atoms with Crippen molar-refractivity contribution in [2.75, 3.05) is 11.5 Å². The normalized spacial score (nSPS) is 21.7. The van der Waals surface area contributed by atoms with Crippen molar-refractivity contribution in [1.29, 1.82) is 0 Å². The zero-order chi connectivity index (χ0) is 13.2. The van der Waals surface area contributed by atoms with E-state index in [1.54, 1.807) is 0 Å². The molecule has 1 heterocycles. The van der Waals surface area contributed by atoms with Crippen LogP contribution < -0.4 is 0 Å². The molecule has 19 heavy (non-hydrogen) atoms. The first kappa shape index (κ1) is 13.1. The molecule has 98 valence electrons. The summed E-state index contributed by atoms with van der Waals surface area (Å²) in [6.45, 7) is 2.08. The van der Waals surface area contributed by atoms with Crippen LogP contribution in [0.1, 0.15) is 24.0 Å². The van der Waals surface area contributed by atoms with Crippen LogP contribution in [0.15, 0.2) is 39.6 Å². The average molecular weight is 288 g/mol. The topological polar surface area (TPSA) is 17.1 Å². The van der Waals surface area contributed by atoms with Gasteiger partial charge in [-0.2, -0.15) is 0 Å². The molecule has 1 aliphatic heterocycles. The smallest absolute Gasteiger partial charge is 0.186 e. The standard InChI is InChI=1S/C16H16OS2/c1-11-2-4-12(5-3-11)10-13-6-7-14(15(13)17)16-18-8-9-19-16/h2-5,10H,6-9H2,1H3. The van der Waals surface area contributed by atoms with E-state index in [-0.39, 0.29) is 5.78 Å². The number of aryl methyl sites for hydroxylation is 1. The number of Topliss-reactive ketones (excluding diaryl/α,β-unsaturated/α-hetero) is 1. The molecule has 0 unspecified atom stereocenters. The second-order valence-corrected chi connectivity index (χ2v) is 7.34. The second-order valence-electron chi connectivity index (χ2n) is 4.87. The summed E-state index contributed by atoms with van der Waals surface area (Å²) in [5, 5.41) is 0. The zero-order valence-corrected chi connectivity index (χ0v) is 12.6. The Balaban J connectivity index is 1.85. The molecule has 1 aliphatic carbocycles. The van der Waals surface area contributed by atoms with E-state index >= 15 is 0 Å². The van der Waals surface area contributed by atoms with Crippen LogP contribution in [0.2, 0.25) is 0 Å². The van der Waals surface area contributed by atoms with Gasteiger partial charge in [0.25, 0.3) is 0 Å². The molecule has 1 aromatic carbocycles. The van der Waals surface area contributed by atoms with Gasteiger partial charge in [-0.25, -0.2) is 0 Å². The number of benzene rings is 1.